The highest BCUT2D eigenvalue weighted by Gasteiger charge is 2.45. The summed E-state index contributed by atoms with van der Waals surface area (Å²) in [6, 6.07) is 4.87. The third-order valence-corrected chi connectivity index (χ3v) is 3.81. The second-order valence-corrected chi connectivity index (χ2v) is 5.32. The molecule has 0 aromatic heterocycles. The maximum absolute atomic E-state index is 13.5. The topological polar surface area (TPSA) is 41.5 Å². The molecule has 4 heteroatoms. The van der Waals surface area contributed by atoms with E-state index in [0.717, 1.165) is 19.4 Å². The van der Waals surface area contributed by atoms with Gasteiger partial charge in [-0.05, 0) is 43.9 Å². The molecule has 106 valence electrons. The number of hydrogen-bond acceptors (Lipinski definition) is 3. The Kier molecular flexibility index (Phi) is 4.42. The van der Waals surface area contributed by atoms with Crippen LogP contribution in [0.3, 0.4) is 0 Å². The minimum absolute atomic E-state index is 0.0415. The molecule has 0 radical (unpaired) electrons. The van der Waals surface area contributed by atoms with Gasteiger partial charge in [0.2, 0.25) is 0 Å². The van der Waals surface area contributed by atoms with Crippen LogP contribution in [0.5, 0.6) is 5.75 Å². The molecular formula is C15H22FNO2. The van der Waals surface area contributed by atoms with Crippen LogP contribution in [-0.4, -0.2) is 30.4 Å². The predicted molar refractivity (Wildman–Crippen MR) is 72.8 cm³/mol. The highest BCUT2D eigenvalue weighted by Crippen LogP contribution is 2.39. The van der Waals surface area contributed by atoms with E-state index < -0.39 is 5.54 Å². The van der Waals surface area contributed by atoms with Crippen molar-refractivity contribution < 1.29 is 14.2 Å². The first-order chi connectivity index (χ1) is 9.11. The fourth-order valence-electron chi connectivity index (χ4n) is 2.41. The SMILES string of the molecule is CCNC(CO)(COc1ccc(C)c(F)c1)C1CC1. The third kappa shape index (κ3) is 3.25. The summed E-state index contributed by atoms with van der Waals surface area (Å²) in [5.74, 6) is 0.703. The average molecular weight is 267 g/mol. The summed E-state index contributed by atoms with van der Waals surface area (Å²) in [7, 11) is 0. The number of hydrogen-bond donors (Lipinski definition) is 2. The van der Waals surface area contributed by atoms with Gasteiger partial charge in [-0.15, -0.1) is 0 Å². The molecular weight excluding hydrogens is 245 g/mol. The lowest BCUT2D eigenvalue weighted by Crippen LogP contribution is -2.55. The number of rotatable bonds is 7. The number of aryl methyl sites for hydroxylation is 1. The summed E-state index contributed by atoms with van der Waals surface area (Å²) in [5, 5.41) is 13.0. The van der Waals surface area contributed by atoms with Crippen molar-refractivity contribution in [2.24, 2.45) is 5.92 Å². The number of likely N-dealkylation sites (N-methyl/N-ethyl adjacent to an activating group) is 1. The molecule has 0 heterocycles. The quantitative estimate of drug-likeness (QED) is 0.796. The molecule has 1 fully saturated rings. The summed E-state index contributed by atoms with van der Waals surface area (Å²) in [6.07, 6.45) is 2.22. The number of benzene rings is 1. The Labute approximate surface area is 113 Å². The van der Waals surface area contributed by atoms with Gasteiger partial charge in [-0.25, -0.2) is 4.39 Å². The second-order valence-electron chi connectivity index (χ2n) is 5.32. The smallest absolute Gasteiger partial charge is 0.129 e. The van der Waals surface area contributed by atoms with Crippen LogP contribution in [0.1, 0.15) is 25.3 Å². The van der Waals surface area contributed by atoms with Crippen LogP contribution in [0.15, 0.2) is 18.2 Å². The van der Waals surface area contributed by atoms with Gasteiger partial charge in [0.15, 0.2) is 0 Å². The summed E-state index contributed by atoms with van der Waals surface area (Å²) in [5.41, 5.74) is 0.213. The monoisotopic (exact) mass is 267 g/mol. The highest BCUT2D eigenvalue weighted by molar-refractivity contribution is 5.28. The molecule has 0 bridgehead atoms. The Balaban J connectivity index is 2.03. The molecule has 0 aliphatic heterocycles. The molecule has 1 aliphatic rings. The van der Waals surface area contributed by atoms with Crippen molar-refractivity contribution >= 4 is 0 Å². The molecule has 19 heavy (non-hydrogen) atoms. The zero-order valence-corrected chi connectivity index (χ0v) is 11.6. The van der Waals surface area contributed by atoms with E-state index in [1.807, 2.05) is 6.92 Å². The first-order valence-electron chi connectivity index (χ1n) is 6.86. The summed E-state index contributed by atoms with van der Waals surface area (Å²) < 4.78 is 19.1. The lowest BCUT2D eigenvalue weighted by Gasteiger charge is -2.32. The van der Waals surface area contributed by atoms with E-state index in [1.54, 1.807) is 19.1 Å². The Morgan fingerprint density at radius 3 is 2.74 bits per heavy atom. The molecule has 2 N–H and O–H groups in total. The number of aliphatic hydroxyl groups excluding tert-OH is 1. The van der Waals surface area contributed by atoms with Crippen LogP contribution >= 0.6 is 0 Å². The molecule has 0 spiro atoms. The van der Waals surface area contributed by atoms with Gasteiger partial charge in [-0.2, -0.15) is 0 Å². The third-order valence-electron chi connectivity index (χ3n) is 3.81. The fraction of sp³-hybridized carbons (Fsp3) is 0.600. The van der Waals surface area contributed by atoms with E-state index in [1.165, 1.54) is 6.07 Å². The van der Waals surface area contributed by atoms with E-state index in [0.29, 0.717) is 23.8 Å². The zero-order chi connectivity index (χ0) is 13.9. The largest absolute Gasteiger partial charge is 0.491 e. The molecule has 1 saturated carbocycles. The van der Waals surface area contributed by atoms with E-state index in [4.69, 9.17) is 4.74 Å². The minimum Gasteiger partial charge on any atom is -0.491 e. The van der Waals surface area contributed by atoms with Crippen molar-refractivity contribution in [3.05, 3.63) is 29.6 Å². The molecule has 3 nitrogen and oxygen atoms in total. The van der Waals surface area contributed by atoms with Gasteiger partial charge in [-0.3, -0.25) is 0 Å². The number of halogens is 1. The molecule has 1 aromatic carbocycles. The van der Waals surface area contributed by atoms with Crippen molar-refractivity contribution in [1.29, 1.82) is 0 Å². The van der Waals surface area contributed by atoms with E-state index in [9.17, 15) is 9.50 Å². The summed E-state index contributed by atoms with van der Waals surface area (Å²) in [4.78, 5) is 0. The molecule has 1 aromatic rings. The summed E-state index contributed by atoms with van der Waals surface area (Å²) in [6.45, 7) is 4.92. The van der Waals surface area contributed by atoms with Crippen LogP contribution in [0.25, 0.3) is 0 Å². The van der Waals surface area contributed by atoms with Crippen LogP contribution in [-0.2, 0) is 0 Å². The Morgan fingerprint density at radius 1 is 1.47 bits per heavy atom. The Hall–Kier alpha value is -1.13. The maximum Gasteiger partial charge on any atom is 0.129 e. The van der Waals surface area contributed by atoms with Gasteiger partial charge in [0.05, 0.1) is 12.1 Å². The maximum atomic E-state index is 13.5. The standard InChI is InChI=1S/C15H22FNO2/c1-3-17-15(9-18,12-5-6-12)10-19-13-7-4-11(2)14(16)8-13/h4,7-8,12,17-18H,3,5-6,9-10H2,1-2H3. The number of ether oxygens (including phenoxy) is 1. The first-order valence-corrected chi connectivity index (χ1v) is 6.86. The first kappa shape index (κ1) is 14.3. The van der Waals surface area contributed by atoms with E-state index in [2.05, 4.69) is 5.32 Å². The van der Waals surface area contributed by atoms with Crippen molar-refractivity contribution in [2.45, 2.75) is 32.2 Å². The molecule has 0 saturated heterocycles. The van der Waals surface area contributed by atoms with Crippen LogP contribution in [0.4, 0.5) is 4.39 Å². The van der Waals surface area contributed by atoms with Gasteiger partial charge >= 0.3 is 0 Å². The molecule has 0 amide bonds. The minimum atomic E-state index is -0.393. The van der Waals surface area contributed by atoms with Crippen molar-refractivity contribution in [3.63, 3.8) is 0 Å². The van der Waals surface area contributed by atoms with Crippen molar-refractivity contribution in [2.75, 3.05) is 19.8 Å². The molecule has 2 rings (SSSR count). The van der Waals surface area contributed by atoms with Gasteiger partial charge in [0, 0.05) is 6.07 Å². The normalized spacial score (nSPS) is 18.1. The lowest BCUT2D eigenvalue weighted by atomic mass is 9.95. The van der Waals surface area contributed by atoms with E-state index in [-0.39, 0.29) is 12.4 Å². The van der Waals surface area contributed by atoms with Gasteiger partial charge < -0.3 is 15.2 Å². The second kappa shape index (κ2) is 5.88. The van der Waals surface area contributed by atoms with Crippen LogP contribution in [0, 0.1) is 18.7 Å². The van der Waals surface area contributed by atoms with Gasteiger partial charge in [0.1, 0.15) is 18.2 Å². The molecule has 1 unspecified atom stereocenters. The van der Waals surface area contributed by atoms with Crippen LogP contribution < -0.4 is 10.1 Å². The summed E-state index contributed by atoms with van der Waals surface area (Å²) >= 11 is 0. The average Bonchev–Trinajstić information content (AvgIpc) is 3.23. The number of nitrogens with one attached hydrogen (secondary N) is 1. The van der Waals surface area contributed by atoms with Crippen molar-refractivity contribution in [3.8, 4) is 5.75 Å². The van der Waals surface area contributed by atoms with Crippen LogP contribution in [0.2, 0.25) is 0 Å². The Morgan fingerprint density at radius 2 is 2.21 bits per heavy atom. The number of aliphatic hydroxyl groups is 1. The molecule has 1 aliphatic carbocycles. The Bertz CT molecular complexity index is 434. The fourth-order valence-corrected chi connectivity index (χ4v) is 2.41. The lowest BCUT2D eigenvalue weighted by molar-refractivity contribution is 0.0863. The van der Waals surface area contributed by atoms with Gasteiger partial charge in [0.25, 0.3) is 0 Å². The highest BCUT2D eigenvalue weighted by atomic mass is 19.1. The zero-order valence-electron chi connectivity index (χ0n) is 11.6. The van der Waals surface area contributed by atoms with Crippen molar-refractivity contribution in [1.82, 2.24) is 5.32 Å². The molecule has 1 atom stereocenters. The van der Waals surface area contributed by atoms with Gasteiger partial charge in [-0.1, -0.05) is 13.0 Å². The van der Waals surface area contributed by atoms with E-state index >= 15 is 0 Å². The predicted octanol–water partition coefficient (Wildman–Crippen LogP) is 2.26.